The number of benzene rings is 1. The van der Waals surface area contributed by atoms with Gasteiger partial charge in [-0.25, -0.2) is 4.79 Å². The standard InChI is InChI=1S/C29H34Cl2O4/c1-17-14-23-22-11-10-20-15-21(33)12-13-26(20,3)28(22,31)24(30)16-27(23,4)29(17,18(2)32)35-25(34)19-8-6-5-7-9-19/h5-9,15,17,22-24H,10-14,16H2,1-4H3/t17?,22-,23-,24?,26-,27-,28-,29-/m0/s1. The summed E-state index contributed by atoms with van der Waals surface area (Å²) in [6, 6.07) is 8.85. The largest absolute Gasteiger partial charge is 0.447 e. The summed E-state index contributed by atoms with van der Waals surface area (Å²) in [5.74, 6) is -0.469. The smallest absolute Gasteiger partial charge is 0.339 e. The van der Waals surface area contributed by atoms with E-state index in [-0.39, 0.29) is 34.7 Å². The molecule has 35 heavy (non-hydrogen) atoms. The van der Waals surface area contributed by atoms with Crippen LogP contribution >= 0.6 is 23.2 Å². The fraction of sp³-hybridized carbons (Fsp3) is 0.621. The van der Waals surface area contributed by atoms with Crippen LogP contribution in [0.3, 0.4) is 0 Å². The van der Waals surface area contributed by atoms with E-state index < -0.39 is 27.2 Å². The minimum Gasteiger partial charge on any atom is -0.447 e. The number of halogens is 2. The number of alkyl halides is 2. The predicted octanol–water partition coefficient (Wildman–Crippen LogP) is 6.53. The molecule has 5 rings (SSSR count). The molecule has 0 aliphatic heterocycles. The van der Waals surface area contributed by atoms with Crippen molar-refractivity contribution in [1.29, 1.82) is 0 Å². The Morgan fingerprint density at radius 3 is 2.43 bits per heavy atom. The van der Waals surface area contributed by atoms with Gasteiger partial charge in [0.05, 0.1) is 15.8 Å². The maximum Gasteiger partial charge on any atom is 0.339 e. The molecule has 0 amide bonds. The maximum absolute atomic E-state index is 13.5. The fourth-order valence-electron chi connectivity index (χ4n) is 8.64. The van der Waals surface area contributed by atoms with E-state index in [4.69, 9.17) is 27.9 Å². The summed E-state index contributed by atoms with van der Waals surface area (Å²) in [4.78, 5) is 38.3. The number of hydrogen-bond donors (Lipinski definition) is 0. The molecule has 0 saturated heterocycles. The van der Waals surface area contributed by atoms with Gasteiger partial charge in [-0.05, 0) is 69.1 Å². The number of fused-ring (bicyclic) bond motifs is 5. The molecule has 1 aromatic carbocycles. The normalized spacial score (nSPS) is 44.5. The summed E-state index contributed by atoms with van der Waals surface area (Å²) < 4.78 is 6.29. The average molecular weight is 517 g/mol. The van der Waals surface area contributed by atoms with Crippen LogP contribution in [0, 0.1) is 28.6 Å². The van der Waals surface area contributed by atoms with Crippen molar-refractivity contribution in [3.8, 4) is 0 Å². The molecule has 0 radical (unpaired) electrons. The summed E-state index contributed by atoms with van der Waals surface area (Å²) in [6.45, 7) is 7.83. The highest BCUT2D eigenvalue weighted by Crippen LogP contribution is 2.73. The first kappa shape index (κ1) is 25.0. The molecular formula is C29H34Cl2O4. The summed E-state index contributed by atoms with van der Waals surface area (Å²) in [5.41, 5.74) is -0.724. The second-order valence-electron chi connectivity index (χ2n) is 11.8. The fourth-order valence-corrected chi connectivity index (χ4v) is 9.92. The highest BCUT2D eigenvalue weighted by Gasteiger charge is 2.75. The van der Waals surface area contributed by atoms with Crippen LogP contribution < -0.4 is 0 Å². The average Bonchev–Trinajstić information content (AvgIpc) is 3.03. The molecule has 4 aliphatic rings. The van der Waals surface area contributed by atoms with Crippen molar-refractivity contribution < 1.29 is 19.1 Å². The van der Waals surface area contributed by atoms with Crippen molar-refractivity contribution in [2.45, 2.75) is 82.1 Å². The number of hydrogen-bond acceptors (Lipinski definition) is 4. The quantitative estimate of drug-likeness (QED) is 0.338. The van der Waals surface area contributed by atoms with Gasteiger partial charge < -0.3 is 4.74 Å². The van der Waals surface area contributed by atoms with Crippen LogP contribution in [0.1, 0.15) is 76.6 Å². The van der Waals surface area contributed by atoms with Crippen LogP contribution in [0.25, 0.3) is 0 Å². The van der Waals surface area contributed by atoms with Crippen LogP contribution in [0.4, 0.5) is 0 Å². The Balaban J connectivity index is 1.59. The first-order valence-corrected chi connectivity index (χ1v) is 13.6. The second-order valence-corrected chi connectivity index (χ2v) is 12.9. The van der Waals surface area contributed by atoms with Gasteiger partial charge in [0.2, 0.25) is 0 Å². The lowest BCUT2D eigenvalue weighted by Crippen LogP contribution is -2.68. The molecule has 4 nitrogen and oxygen atoms in total. The summed E-state index contributed by atoms with van der Waals surface area (Å²) >= 11 is 14.9. The third-order valence-electron chi connectivity index (χ3n) is 10.3. The molecule has 2 unspecified atom stereocenters. The Morgan fingerprint density at radius 1 is 1.09 bits per heavy atom. The molecule has 0 heterocycles. The molecule has 0 N–H and O–H groups in total. The Hall–Kier alpha value is -1.65. The van der Waals surface area contributed by atoms with E-state index in [9.17, 15) is 14.4 Å². The first-order chi connectivity index (χ1) is 16.4. The number of allylic oxidation sites excluding steroid dienone is 1. The predicted molar refractivity (Wildman–Crippen MR) is 137 cm³/mol. The minimum atomic E-state index is -1.27. The molecule has 6 heteroatoms. The topological polar surface area (TPSA) is 60.4 Å². The SMILES string of the molecule is CC(=O)[C@@]1(OC(=O)c2ccccc2)C(C)C[C@H]2[C@@H]3CCC4=CC(=O)CC[C@]4(C)[C@@]3(Cl)C(Cl)C[C@@]21C. The zero-order chi connectivity index (χ0) is 25.4. The second kappa shape index (κ2) is 8.18. The Morgan fingerprint density at radius 2 is 1.77 bits per heavy atom. The molecule has 8 atom stereocenters. The van der Waals surface area contributed by atoms with Crippen LogP contribution in [-0.4, -0.2) is 33.4 Å². The number of esters is 1. The van der Waals surface area contributed by atoms with E-state index in [1.165, 1.54) is 0 Å². The molecule has 1 aromatic rings. The maximum atomic E-state index is 13.5. The molecule has 0 bridgehead atoms. The van der Waals surface area contributed by atoms with Crippen LogP contribution in [-0.2, 0) is 14.3 Å². The molecule has 188 valence electrons. The van der Waals surface area contributed by atoms with Crippen LogP contribution in [0.2, 0.25) is 0 Å². The van der Waals surface area contributed by atoms with Crippen LogP contribution in [0.5, 0.6) is 0 Å². The molecule has 3 fully saturated rings. The van der Waals surface area contributed by atoms with Crippen LogP contribution in [0.15, 0.2) is 42.0 Å². The van der Waals surface area contributed by atoms with E-state index in [1.54, 1.807) is 37.3 Å². The lowest BCUT2D eigenvalue weighted by molar-refractivity contribution is -0.165. The van der Waals surface area contributed by atoms with Crippen molar-refractivity contribution in [2.75, 3.05) is 0 Å². The number of ketones is 2. The van der Waals surface area contributed by atoms with Gasteiger partial charge >= 0.3 is 5.97 Å². The van der Waals surface area contributed by atoms with Gasteiger partial charge in [-0.3, -0.25) is 9.59 Å². The summed E-state index contributed by atoms with van der Waals surface area (Å²) in [7, 11) is 0. The molecule has 3 saturated carbocycles. The van der Waals surface area contributed by atoms with Gasteiger partial charge in [0.25, 0.3) is 0 Å². The van der Waals surface area contributed by atoms with Crippen molar-refractivity contribution in [3.05, 3.63) is 47.5 Å². The van der Waals surface area contributed by atoms with E-state index in [1.807, 2.05) is 13.0 Å². The van der Waals surface area contributed by atoms with Crippen molar-refractivity contribution in [2.24, 2.45) is 28.6 Å². The third-order valence-corrected chi connectivity index (χ3v) is 11.9. The molecule has 0 aromatic heterocycles. The highest BCUT2D eigenvalue weighted by molar-refractivity contribution is 6.33. The van der Waals surface area contributed by atoms with Gasteiger partial charge in [0, 0.05) is 23.2 Å². The van der Waals surface area contributed by atoms with Crippen molar-refractivity contribution in [3.63, 3.8) is 0 Å². The van der Waals surface area contributed by atoms with Gasteiger partial charge in [0.15, 0.2) is 17.2 Å². The Kier molecular flexibility index (Phi) is 5.85. The monoisotopic (exact) mass is 516 g/mol. The molecule has 0 spiro atoms. The van der Waals surface area contributed by atoms with Gasteiger partial charge in [-0.1, -0.05) is 44.5 Å². The zero-order valence-corrected chi connectivity index (χ0v) is 22.4. The zero-order valence-electron chi connectivity index (χ0n) is 20.9. The lowest BCUT2D eigenvalue weighted by atomic mass is 9.45. The van der Waals surface area contributed by atoms with Gasteiger partial charge in [-0.2, -0.15) is 0 Å². The van der Waals surface area contributed by atoms with Crippen molar-refractivity contribution >= 4 is 40.7 Å². The van der Waals surface area contributed by atoms with Gasteiger partial charge in [-0.15, -0.1) is 23.2 Å². The van der Waals surface area contributed by atoms with E-state index >= 15 is 0 Å². The first-order valence-electron chi connectivity index (χ1n) is 12.8. The number of Topliss-reactive ketones (excluding diaryl/α,β-unsaturated/α-hetero) is 1. The highest BCUT2D eigenvalue weighted by atomic mass is 35.5. The van der Waals surface area contributed by atoms with E-state index in [0.29, 0.717) is 24.8 Å². The number of rotatable bonds is 3. The lowest BCUT2D eigenvalue weighted by Gasteiger charge is -2.65. The number of carbonyl (C=O) groups excluding carboxylic acids is 3. The summed E-state index contributed by atoms with van der Waals surface area (Å²) in [6.07, 6.45) is 5.82. The van der Waals surface area contributed by atoms with Gasteiger partial charge in [0.1, 0.15) is 0 Å². The molecule has 4 aliphatic carbocycles. The Bertz CT molecular complexity index is 1110. The number of carbonyl (C=O) groups is 3. The van der Waals surface area contributed by atoms with E-state index in [2.05, 4.69) is 13.8 Å². The number of ether oxygens (including phenoxy) is 1. The third kappa shape index (κ3) is 3.14. The Labute approximate surface area is 217 Å². The summed E-state index contributed by atoms with van der Waals surface area (Å²) in [5, 5.41) is -0.434. The van der Waals surface area contributed by atoms with E-state index in [0.717, 1.165) is 24.8 Å². The molecular weight excluding hydrogens is 483 g/mol. The van der Waals surface area contributed by atoms with Crippen molar-refractivity contribution in [1.82, 2.24) is 0 Å². The minimum absolute atomic E-state index is 0.0554.